The Labute approximate surface area is 128 Å². The first-order valence-electron chi connectivity index (χ1n) is 6.71. The van der Waals surface area contributed by atoms with Crippen molar-refractivity contribution in [2.45, 2.75) is 19.4 Å². The number of nitrogens with zero attached hydrogens (tertiary/aromatic N) is 3. The molecule has 21 heavy (non-hydrogen) atoms. The van der Waals surface area contributed by atoms with Gasteiger partial charge in [0.15, 0.2) is 5.65 Å². The van der Waals surface area contributed by atoms with Crippen LogP contribution in [0.3, 0.4) is 0 Å². The number of pyridine rings is 1. The second kappa shape index (κ2) is 5.84. The number of benzene rings is 1. The molecule has 0 aliphatic carbocycles. The predicted molar refractivity (Wildman–Crippen MR) is 83.9 cm³/mol. The molecule has 0 unspecified atom stereocenters. The zero-order chi connectivity index (χ0) is 14.8. The molecule has 1 aromatic carbocycles. The fourth-order valence-electron chi connectivity index (χ4n) is 2.45. The number of fused-ring (bicyclic) bond motifs is 1. The van der Waals surface area contributed by atoms with Crippen LogP contribution in [-0.2, 0) is 17.2 Å². The van der Waals surface area contributed by atoms with E-state index >= 15 is 0 Å². The number of hydrogen-bond donors (Lipinski definition) is 0. The van der Waals surface area contributed by atoms with Gasteiger partial charge in [0.25, 0.3) is 0 Å². The third-order valence-corrected chi connectivity index (χ3v) is 3.66. The second-order valence-corrected chi connectivity index (χ2v) is 5.17. The molecule has 0 saturated heterocycles. The maximum atomic E-state index is 6.07. The Morgan fingerprint density at radius 2 is 2.14 bits per heavy atom. The molecule has 5 heteroatoms. The highest BCUT2D eigenvalue weighted by molar-refractivity contribution is 6.17. The number of imidazole rings is 1. The minimum Gasteiger partial charge on any atom is -0.380 e. The molecule has 2 aromatic heterocycles. The van der Waals surface area contributed by atoms with Crippen molar-refractivity contribution >= 4 is 22.8 Å². The number of methoxy groups -OCH3 is 1. The Morgan fingerprint density at radius 3 is 2.90 bits per heavy atom. The van der Waals surface area contributed by atoms with Crippen LogP contribution in [0.25, 0.3) is 16.9 Å². The minimum absolute atomic E-state index is 0.338. The summed E-state index contributed by atoms with van der Waals surface area (Å²) < 4.78 is 7.21. The summed E-state index contributed by atoms with van der Waals surface area (Å²) in [6, 6.07) is 10.1. The minimum atomic E-state index is 0.338. The van der Waals surface area contributed by atoms with Crippen LogP contribution in [0, 0.1) is 6.92 Å². The standard InChI is InChI=1S/C16H16ClN3O/c1-11-6-7-18-16-15(11)19-14(9-17)20(16)13-5-3-4-12(8-13)10-21-2/h3-8H,9-10H2,1-2H3. The van der Waals surface area contributed by atoms with E-state index in [9.17, 15) is 0 Å². The van der Waals surface area contributed by atoms with Crippen molar-refractivity contribution in [3.8, 4) is 5.69 Å². The van der Waals surface area contributed by atoms with Gasteiger partial charge >= 0.3 is 0 Å². The summed E-state index contributed by atoms with van der Waals surface area (Å²) in [4.78, 5) is 9.09. The molecule has 4 nitrogen and oxygen atoms in total. The quantitative estimate of drug-likeness (QED) is 0.691. The summed E-state index contributed by atoms with van der Waals surface area (Å²) in [5.74, 6) is 1.13. The van der Waals surface area contributed by atoms with Crippen LogP contribution in [0.1, 0.15) is 17.0 Å². The molecule has 0 atom stereocenters. The summed E-state index contributed by atoms with van der Waals surface area (Å²) in [7, 11) is 1.69. The number of ether oxygens (including phenoxy) is 1. The van der Waals surface area contributed by atoms with Gasteiger partial charge in [-0.2, -0.15) is 0 Å². The van der Waals surface area contributed by atoms with Gasteiger partial charge < -0.3 is 4.74 Å². The molecule has 0 aliphatic heterocycles. The SMILES string of the molecule is COCc1cccc(-n2c(CCl)nc3c(C)ccnc32)c1. The molecule has 0 N–H and O–H groups in total. The highest BCUT2D eigenvalue weighted by Gasteiger charge is 2.14. The van der Waals surface area contributed by atoms with Gasteiger partial charge in [-0.1, -0.05) is 12.1 Å². The van der Waals surface area contributed by atoms with Crippen LogP contribution in [0.4, 0.5) is 0 Å². The van der Waals surface area contributed by atoms with E-state index in [0.717, 1.165) is 33.8 Å². The summed E-state index contributed by atoms with van der Waals surface area (Å²) in [6.45, 7) is 2.60. The van der Waals surface area contributed by atoms with Crippen LogP contribution in [0.2, 0.25) is 0 Å². The number of aryl methyl sites for hydroxylation is 1. The van der Waals surface area contributed by atoms with Gasteiger partial charge in [-0.05, 0) is 36.2 Å². The van der Waals surface area contributed by atoms with E-state index in [1.54, 1.807) is 13.3 Å². The Morgan fingerprint density at radius 1 is 1.29 bits per heavy atom. The molecule has 0 saturated carbocycles. The lowest BCUT2D eigenvalue weighted by molar-refractivity contribution is 0.185. The first-order chi connectivity index (χ1) is 10.2. The largest absolute Gasteiger partial charge is 0.380 e. The molecule has 0 radical (unpaired) electrons. The maximum Gasteiger partial charge on any atom is 0.164 e. The molecular weight excluding hydrogens is 286 g/mol. The van der Waals surface area contributed by atoms with Crippen LogP contribution in [-0.4, -0.2) is 21.6 Å². The van der Waals surface area contributed by atoms with Gasteiger partial charge in [-0.3, -0.25) is 4.57 Å². The summed E-state index contributed by atoms with van der Waals surface area (Å²) >= 11 is 6.07. The van der Waals surface area contributed by atoms with Gasteiger partial charge in [0.2, 0.25) is 0 Å². The topological polar surface area (TPSA) is 39.9 Å². The molecule has 3 rings (SSSR count). The first-order valence-corrected chi connectivity index (χ1v) is 7.25. The van der Waals surface area contributed by atoms with E-state index in [1.807, 2.05) is 35.8 Å². The lowest BCUT2D eigenvalue weighted by Crippen LogP contribution is -2.01. The van der Waals surface area contributed by atoms with Gasteiger partial charge in [-0.15, -0.1) is 11.6 Å². The summed E-state index contributed by atoms with van der Waals surface area (Å²) in [5.41, 5.74) is 4.93. The molecule has 0 aliphatic rings. The summed E-state index contributed by atoms with van der Waals surface area (Å²) in [6.07, 6.45) is 1.80. The Bertz CT molecular complexity index is 782. The molecule has 2 heterocycles. The Kier molecular flexibility index (Phi) is 3.90. The third-order valence-electron chi connectivity index (χ3n) is 3.42. The van der Waals surface area contributed by atoms with E-state index in [-0.39, 0.29) is 0 Å². The Balaban J connectivity index is 2.23. The van der Waals surface area contributed by atoms with Gasteiger partial charge in [0.05, 0.1) is 12.5 Å². The molecule has 0 fully saturated rings. The van der Waals surface area contributed by atoms with Crippen molar-refractivity contribution in [1.29, 1.82) is 0 Å². The highest BCUT2D eigenvalue weighted by Crippen LogP contribution is 2.23. The monoisotopic (exact) mass is 301 g/mol. The smallest absolute Gasteiger partial charge is 0.164 e. The number of hydrogen-bond acceptors (Lipinski definition) is 3. The van der Waals surface area contributed by atoms with E-state index in [4.69, 9.17) is 16.3 Å². The van der Waals surface area contributed by atoms with Crippen LogP contribution < -0.4 is 0 Å². The predicted octanol–water partition coefficient (Wildman–Crippen LogP) is 3.61. The number of halogens is 1. The van der Waals surface area contributed by atoms with Crippen molar-refractivity contribution in [1.82, 2.24) is 14.5 Å². The second-order valence-electron chi connectivity index (χ2n) is 4.90. The zero-order valence-electron chi connectivity index (χ0n) is 12.0. The van der Waals surface area contributed by atoms with E-state index < -0.39 is 0 Å². The van der Waals surface area contributed by atoms with E-state index in [2.05, 4.69) is 16.0 Å². The van der Waals surface area contributed by atoms with E-state index in [0.29, 0.717) is 12.5 Å². The van der Waals surface area contributed by atoms with Crippen LogP contribution in [0.5, 0.6) is 0 Å². The van der Waals surface area contributed by atoms with Crippen LogP contribution in [0.15, 0.2) is 36.5 Å². The van der Waals surface area contributed by atoms with Crippen molar-refractivity contribution in [3.05, 3.63) is 53.5 Å². The third kappa shape index (κ3) is 2.52. The summed E-state index contributed by atoms with van der Waals surface area (Å²) in [5, 5.41) is 0. The average molecular weight is 302 g/mol. The zero-order valence-corrected chi connectivity index (χ0v) is 12.8. The van der Waals surface area contributed by atoms with Crippen molar-refractivity contribution in [2.75, 3.05) is 7.11 Å². The van der Waals surface area contributed by atoms with E-state index in [1.165, 1.54) is 0 Å². The van der Waals surface area contributed by atoms with Gasteiger partial charge in [-0.25, -0.2) is 9.97 Å². The fourth-order valence-corrected chi connectivity index (χ4v) is 2.63. The molecular formula is C16H16ClN3O. The maximum absolute atomic E-state index is 6.07. The molecule has 3 aromatic rings. The normalized spacial score (nSPS) is 11.2. The molecule has 0 bridgehead atoms. The molecule has 0 amide bonds. The number of alkyl halides is 1. The van der Waals surface area contributed by atoms with Crippen molar-refractivity contribution in [2.24, 2.45) is 0 Å². The lowest BCUT2D eigenvalue weighted by atomic mass is 10.2. The Hall–Kier alpha value is -1.91. The first kappa shape index (κ1) is 14.0. The van der Waals surface area contributed by atoms with Gasteiger partial charge in [0.1, 0.15) is 11.3 Å². The fraction of sp³-hybridized carbons (Fsp3) is 0.250. The highest BCUT2D eigenvalue weighted by atomic mass is 35.5. The van der Waals surface area contributed by atoms with Gasteiger partial charge in [0, 0.05) is 19.0 Å². The van der Waals surface area contributed by atoms with Crippen molar-refractivity contribution < 1.29 is 4.74 Å². The average Bonchev–Trinajstić information content (AvgIpc) is 2.88. The molecule has 0 spiro atoms. The number of aromatic nitrogens is 3. The number of rotatable bonds is 4. The van der Waals surface area contributed by atoms with Crippen molar-refractivity contribution in [3.63, 3.8) is 0 Å². The van der Waals surface area contributed by atoms with Crippen LogP contribution >= 0.6 is 11.6 Å². The molecule has 108 valence electrons. The lowest BCUT2D eigenvalue weighted by Gasteiger charge is -2.09.